The first-order chi connectivity index (χ1) is 6.59. The molecular weight excluding hydrogens is 178 g/mol. The van der Waals surface area contributed by atoms with Crippen molar-refractivity contribution in [3.8, 4) is 0 Å². The minimum Gasteiger partial charge on any atom is -0.481 e. The number of benzene rings is 1. The molecule has 2 aromatic rings. The summed E-state index contributed by atoms with van der Waals surface area (Å²) < 4.78 is 0. The predicted octanol–water partition coefficient (Wildman–Crippen LogP) is 2.57. The van der Waals surface area contributed by atoms with Gasteiger partial charge in [0.2, 0.25) is 0 Å². The molecule has 0 aliphatic carbocycles. The summed E-state index contributed by atoms with van der Waals surface area (Å²) in [4.78, 5) is 12.3. The lowest BCUT2D eigenvalue weighted by Gasteiger charge is -1.83. The Labute approximate surface area is 82.4 Å². The molecule has 0 atom stereocenters. The molecule has 0 spiro atoms. The second-order valence-electron chi connectivity index (χ2n) is 3.06. The number of hydrogen-bond donors (Lipinski definition) is 2. The zero-order chi connectivity index (χ0) is 10.6. The topological polar surface area (TPSA) is 53.1 Å². The quantitative estimate of drug-likeness (QED) is 0.672. The zero-order valence-corrected chi connectivity index (χ0v) is 8.24. The fourth-order valence-electron chi connectivity index (χ4n) is 1.22. The Hall–Kier alpha value is -1.77. The minimum atomic E-state index is -0.833. The third kappa shape index (κ3) is 2.94. The van der Waals surface area contributed by atoms with E-state index in [1.54, 1.807) is 0 Å². The van der Waals surface area contributed by atoms with Crippen LogP contribution in [0.5, 0.6) is 0 Å². The van der Waals surface area contributed by atoms with E-state index in [2.05, 4.69) is 36.2 Å². The summed E-state index contributed by atoms with van der Waals surface area (Å²) in [5, 5.41) is 8.71. The predicted molar refractivity (Wildman–Crippen MR) is 56.3 cm³/mol. The number of nitrogens with one attached hydrogen (secondary N) is 1. The van der Waals surface area contributed by atoms with E-state index >= 15 is 0 Å². The van der Waals surface area contributed by atoms with Crippen molar-refractivity contribution in [2.45, 2.75) is 13.8 Å². The summed E-state index contributed by atoms with van der Waals surface area (Å²) >= 11 is 0. The number of rotatable bonds is 0. The standard InChI is InChI=1S/C9H9N.C2H4O2/c1-7-6-8-4-2-3-5-9(8)10-7;1-2(3)4/h2-6,10H,1H3;1H3,(H,3,4). The van der Waals surface area contributed by atoms with Crippen molar-refractivity contribution >= 4 is 16.9 Å². The number of carboxylic acids is 1. The van der Waals surface area contributed by atoms with E-state index in [0.29, 0.717) is 0 Å². The second kappa shape index (κ2) is 4.46. The van der Waals surface area contributed by atoms with Gasteiger partial charge < -0.3 is 10.1 Å². The molecule has 0 fully saturated rings. The molecule has 0 bridgehead atoms. The second-order valence-corrected chi connectivity index (χ2v) is 3.06. The third-order valence-electron chi connectivity index (χ3n) is 1.66. The molecule has 1 aromatic carbocycles. The number of carboxylic acid groups (broad SMARTS) is 1. The number of aromatic nitrogens is 1. The Balaban J connectivity index is 0.000000213. The molecule has 1 heterocycles. The van der Waals surface area contributed by atoms with E-state index in [9.17, 15) is 0 Å². The molecule has 0 aliphatic heterocycles. The third-order valence-corrected chi connectivity index (χ3v) is 1.66. The highest BCUT2D eigenvalue weighted by molar-refractivity contribution is 5.79. The Morgan fingerprint density at radius 2 is 1.93 bits per heavy atom. The van der Waals surface area contributed by atoms with Crippen LogP contribution in [-0.4, -0.2) is 16.1 Å². The van der Waals surface area contributed by atoms with Crippen LogP contribution in [0.3, 0.4) is 0 Å². The van der Waals surface area contributed by atoms with Crippen molar-refractivity contribution in [2.24, 2.45) is 0 Å². The van der Waals surface area contributed by atoms with Gasteiger partial charge in [-0.05, 0) is 24.4 Å². The van der Waals surface area contributed by atoms with E-state index in [-0.39, 0.29) is 0 Å². The number of aromatic amines is 1. The van der Waals surface area contributed by atoms with Gasteiger partial charge in [-0.15, -0.1) is 0 Å². The summed E-state index contributed by atoms with van der Waals surface area (Å²) in [6.07, 6.45) is 0. The lowest BCUT2D eigenvalue weighted by Crippen LogP contribution is -1.78. The normalized spacial score (nSPS) is 9.29. The molecule has 74 valence electrons. The molecule has 0 amide bonds. The molecule has 0 aliphatic rings. The number of aryl methyl sites for hydroxylation is 1. The van der Waals surface area contributed by atoms with Crippen molar-refractivity contribution < 1.29 is 9.90 Å². The van der Waals surface area contributed by atoms with Crippen LogP contribution < -0.4 is 0 Å². The summed E-state index contributed by atoms with van der Waals surface area (Å²) in [7, 11) is 0. The Morgan fingerprint density at radius 3 is 2.50 bits per heavy atom. The van der Waals surface area contributed by atoms with Gasteiger partial charge in [-0.2, -0.15) is 0 Å². The summed E-state index contributed by atoms with van der Waals surface area (Å²) in [6.45, 7) is 3.15. The zero-order valence-electron chi connectivity index (χ0n) is 8.24. The number of hydrogen-bond acceptors (Lipinski definition) is 1. The van der Waals surface area contributed by atoms with Crippen molar-refractivity contribution in [3.63, 3.8) is 0 Å². The molecule has 0 saturated carbocycles. The van der Waals surface area contributed by atoms with Crippen molar-refractivity contribution in [3.05, 3.63) is 36.0 Å². The smallest absolute Gasteiger partial charge is 0.300 e. The number of H-pyrrole nitrogens is 1. The van der Waals surface area contributed by atoms with Gasteiger partial charge in [-0.3, -0.25) is 4.79 Å². The van der Waals surface area contributed by atoms with Crippen LogP contribution in [0.1, 0.15) is 12.6 Å². The maximum Gasteiger partial charge on any atom is 0.300 e. The molecule has 0 unspecified atom stereocenters. The number of carbonyl (C=O) groups is 1. The first-order valence-corrected chi connectivity index (χ1v) is 4.33. The molecular formula is C11H13NO2. The van der Waals surface area contributed by atoms with E-state index in [1.807, 2.05) is 6.07 Å². The van der Waals surface area contributed by atoms with Crippen molar-refractivity contribution in [1.29, 1.82) is 0 Å². The molecule has 0 radical (unpaired) electrons. The van der Waals surface area contributed by atoms with Crippen LogP contribution >= 0.6 is 0 Å². The van der Waals surface area contributed by atoms with Crippen LogP contribution in [-0.2, 0) is 4.79 Å². The van der Waals surface area contributed by atoms with Crippen LogP contribution in [0, 0.1) is 6.92 Å². The van der Waals surface area contributed by atoms with Crippen molar-refractivity contribution in [1.82, 2.24) is 4.98 Å². The highest BCUT2D eigenvalue weighted by Crippen LogP contribution is 2.12. The molecule has 3 heteroatoms. The molecule has 0 saturated heterocycles. The van der Waals surface area contributed by atoms with Gasteiger partial charge in [-0.25, -0.2) is 0 Å². The van der Waals surface area contributed by atoms with Crippen LogP contribution in [0.2, 0.25) is 0 Å². The summed E-state index contributed by atoms with van der Waals surface area (Å²) in [6, 6.07) is 10.4. The number of para-hydroxylation sites is 1. The summed E-state index contributed by atoms with van der Waals surface area (Å²) in [5.41, 5.74) is 2.45. The average Bonchev–Trinajstić information content (AvgIpc) is 2.42. The molecule has 3 nitrogen and oxygen atoms in total. The Bertz CT molecular complexity index is 395. The van der Waals surface area contributed by atoms with E-state index in [1.165, 1.54) is 16.6 Å². The first-order valence-electron chi connectivity index (χ1n) is 4.33. The maximum atomic E-state index is 9.00. The van der Waals surface area contributed by atoms with Gasteiger partial charge in [-0.1, -0.05) is 18.2 Å². The minimum absolute atomic E-state index is 0.833. The van der Waals surface area contributed by atoms with Gasteiger partial charge in [0, 0.05) is 18.1 Å². The first kappa shape index (κ1) is 10.3. The molecule has 2 rings (SSSR count). The number of aliphatic carboxylic acids is 1. The van der Waals surface area contributed by atoms with E-state index < -0.39 is 5.97 Å². The Morgan fingerprint density at radius 1 is 1.36 bits per heavy atom. The van der Waals surface area contributed by atoms with Crippen LogP contribution in [0.4, 0.5) is 0 Å². The summed E-state index contributed by atoms with van der Waals surface area (Å²) in [5.74, 6) is -0.833. The highest BCUT2D eigenvalue weighted by atomic mass is 16.4. The fraction of sp³-hybridized carbons (Fsp3) is 0.182. The lowest BCUT2D eigenvalue weighted by molar-refractivity contribution is -0.134. The molecule has 1 aromatic heterocycles. The molecule has 14 heavy (non-hydrogen) atoms. The monoisotopic (exact) mass is 191 g/mol. The largest absolute Gasteiger partial charge is 0.481 e. The fourth-order valence-corrected chi connectivity index (χ4v) is 1.22. The van der Waals surface area contributed by atoms with Gasteiger partial charge >= 0.3 is 0 Å². The Kier molecular flexibility index (Phi) is 3.29. The lowest BCUT2D eigenvalue weighted by atomic mass is 10.2. The van der Waals surface area contributed by atoms with Gasteiger partial charge in [0.1, 0.15) is 0 Å². The highest BCUT2D eigenvalue weighted by Gasteiger charge is 1.92. The van der Waals surface area contributed by atoms with Crippen LogP contribution in [0.25, 0.3) is 10.9 Å². The van der Waals surface area contributed by atoms with Gasteiger partial charge in [0.25, 0.3) is 5.97 Å². The van der Waals surface area contributed by atoms with E-state index in [0.717, 1.165) is 6.92 Å². The van der Waals surface area contributed by atoms with Gasteiger partial charge in [0.05, 0.1) is 0 Å². The van der Waals surface area contributed by atoms with Crippen LogP contribution in [0.15, 0.2) is 30.3 Å². The molecule has 2 N–H and O–H groups in total. The average molecular weight is 191 g/mol. The van der Waals surface area contributed by atoms with Gasteiger partial charge in [0.15, 0.2) is 0 Å². The van der Waals surface area contributed by atoms with E-state index in [4.69, 9.17) is 9.90 Å². The SMILES string of the molecule is CC(=O)O.Cc1cc2ccccc2[nH]1. The number of fused-ring (bicyclic) bond motifs is 1. The maximum absolute atomic E-state index is 9.00. The van der Waals surface area contributed by atoms with Crippen molar-refractivity contribution in [2.75, 3.05) is 0 Å².